The van der Waals surface area contributed by atoms with Crippen LogP contribution in [0.5, 0.6) is 0 Å². The van der Waals surface area contributed by atoms with Crippen LogP contribution >= 0.6 is 0 Å². The summed E-state index contributed by atoms with van der Waals surface area (Å²) < 4.78 is 9.05. The first kappa shape index (κ1) is 33.5. The van der Waals surface area contributed by atoms with Gasteiger partial charge in [0.25, 0.3) is 0 Å². The van der Waals surface area contributed by atoms with Crippen LogP contribution in [0.25, 0.3) is 106 Å². The van der Waals surface area contributed by atoms with Gasteiger partial charge in [-0.15, -0.1) is 0 Å². The second kappa shape index (κ2) is 14.0. The third-order valence-electron chi connectivity index (χ3n) is 11.0. The Morgan fingerprint density at radius 1 is 0.345 bits per heavy atom. The Morgan fingerprint density at radius 2 is 0.897 bits per heavy atom. The predicted octanol–water partition coefficient (Wildman–Crippen LogP) is 14.3. The van der Waals surface area contributed by atoms with Gasteiger partial charge in [-0.25, -0.2) is 9.97 Å². The van der Waals surface area contributed by atoms with E-state index in [1.165, 1.54) is 21.9 Å². The highest BCUT2D eigenvalue weighted by molar-refractivity contribution is 6.11. The average Bonchev–Trinajstić information content (AvgIpc) is 3.86. The second-order valence-electron chi connectivity index (χ2n) is 14.6. The fourth-order valence-corrected chi connectivity index (χ4v) is 8.26. The van der Waals surface area contributed by atoms with Crippen LogP contribution in [0.3, 0.4) is 0 Å². The summed E-state index contributed by atoms with van der Waals surface area (Å²) in [5.41, 5.74) is 14.5. The fourth-order valence-electron chi connectivity index (χ4n) is 8.26. The number of hydrogen-bond donors (Lipinski definition) is 0. The number of rotatable bonds is 7. The van der Waals surface area contributed by atoms with Crippen LogP contribution in [-0.2, 0) is 0 Å². The van der Waals surface area contributed by atoms with Crippen LogP contribution < -0.4 is 0 Å². The molecule has 0 radical (unpaired) electrons. The van der Waals surface area contributed by atoms with Crippen LogP contribution in [-0.4, -0.2) is 14.5 Å². The maximum atomic E-state index is 6.69. The van der Waals surface area contributed by atoms with Crippen molar-refractivity contribution in [2.24, 2.45) is 0 Å². The third-order valence-corrected chi connectivity index (χ3v) is 11.0. The minimum absolute atomic E-state index is 0.687. The fraction of sp³-hybridized carbons (Fsp3) is 0. The van der Waals surface area contributed by atoms with Crippen molar-refractivity contribution in [2.75, 3.05) is 0 Å². The molecule has 8 aromatic carbocycles. The SMILES string of the molecule is c1ccc(-c2ccc(-c3cc(-c4cccc(-n5c6ccccc6c6ccc(-c7oc8ccccc8c7-c7ccccc7)cc65)c4)nc(-c4ccccc4)n3)cc2)cc1. The molecule has 4 heteroatoms. The van der Waals surface area contributed by atoms with Crippen molar-refractivity contribution in [3.8, 4) is 73.2 Å². The first-order chi connectivity index (χ1) is 28.7. The summed E-state index contributed by atoms with van der Waals surface area (Å²) in [6.07, 6.45) is 0. The van der Waals surface area contributed by atoms with E-state index in [0.29, 0.717) is 5.82 Å². The van der Waals surface area contributed by atoms with Crippen LogP contribution in [0.1, 0.15) is 0 Å². The Bertz CT molecular complexity index is 3260. The number of nitrogens with zero attached hydrogens (tertiary/aromatic N) is 3. The highest BCUT2D eigenvalue weighted by Gasteiger charge is 2.20. The normalized spacial score (nSPS) is 11.4. The van der Waals surface area contributed by atoms with Gasteiger partial charge in [0.15, 0.2) is 5.82 Å². The lowest BCUT2D eigenvalue weighted by molar-refractivity contribution is 0.632. The maximum absolute atomic E-state index is 6.69. The highest BCUT2D eigenvalue weighted by atomic mass is 16.3. The Balaban J connectivity index is 1.07. The molecule has 11 aromatic rings. The smallest absolute Gasteiger partial charge is 0.160 e. The Kier molecular flexibility index (Phi) is 8.11. The van der Waals surface area contributed by atoms with E-state index in [4.69, 9.17) is 14.4 Å². The van der Waals surface area contributed by atoms with Crippen molar-refractivity contribution in [1.29, 1.82) is 0 Å². The lowest BCUT2D eigenvalue weighted by Gasteiger charge is -2.13. The summed E-state index contributed by atoms with van der Waals surface area (Å²) in [6, 6.07) is 74.3. The summed E-state index contributed by atoms with van der Waals surface area (Å²) in [5, 5.41) is 3.47. The van der Waals surface area contributed by atoms with Crippen molar-refractivity contribution in [1.82, 2.24) is 14.5 Å². The highest BCUT2D eigenvalue weighted by Crippen LogP contribution is 2.43. The largest absolute Gasteiger partial charge is 0.455 e. The molecule has 0 unspecified atom stereocenters. The van der Waals surface area contributed by atoms with E-state index in [1.807, 2.05) is 36.4 Å². The molecule has 0 aliphatic heterocycles. The van der Waals surface area contributed by atoms with Gasteiger partial charge in [-0.3, -0.25) is 0 Å². The molecule has 0 amide bonds. The van der Waals surface area contributed by atoms with E-state index in [-0.39, 0.29) is 0 Å². The summed E-state index contributed by atoms with van der Waals surface area (Å²) in [6.45, 7) is 0. The Labute approximate surface area is 336 Å². The molecular formula is C54H35N3O. The molecule has 58 heavy (non-hydrogen) atoms. The van der Waals surface area contributed by atoms with Gasteiger partial charge in [-0.05, 0) is 53.1 Å². The molecular weight excluding hydrogens is 707 g/mol. The van der Waals surface area contributed by atoms with E-state index >= 15 is 0 Å². The van der Waals surface area contributed by atoms with Crippen molar-refractivity contribution in [3.05, 3.63) is 212 Å². The minimum Gasteiger partial charge on any atom is -0.455 e. The molecule has 272 valence electrons. The third kappa shape index (κ3) is 5.87. The van der Waals surface area contributed by atoms with Crippen molar-refractivity contribution < 1.29 is 4.42 Å². The zero-order valence-corrected chi connectivity index (χ0v) is 31.5. The van der Waals surface area contributed by atoms with Gasteiger partial charge >= 0.3 is 0 Å². The van der Waals surface area contributed by atoms with Gasteiger partial charge in [0, 0.05) is 49.7 Å². The van der Waals surface area contributed by atoms with Gasteiger partial charge < -0.3 is 8.98 Å². The summed E-state index contributed by atoms with van der Waals surface area (Å²) in [4.78, 5) is 10.3. The first-order valence-electron chi connectivity index (χ1n) is 19.6. The number of hydrogen-bond acceptors (Lipinski definition) is 3. The maximum Gasteiger partial charge on any atom is 0.160 e. The van der Waals surface area contributed by atoms with E-state index in [0.717, 1.165) is 78.2 Å². The number of benzene rings is 8. The number of para-hydroxylation sites is 2. The molecule has 0 fully saturated rings. The molecule has 4 nitrogen and oxygen atoms in total. The van der Waals surface area contributed by atoms with Gasteiger partial charge in [0.05, 0.1) is 22.4 Å². The van der Waals surface area contributed by atoms with Crippen LogP contribution in [0.15, 0.2) is 217 Å². The molecule has 0 N–H and O–H groups in total. The lowest BCUT2D eigenvalue weighted by atomic mass is 9.98. The van der Waals surface area contributed by atoms with Crippen molar-refractivity contribution >= 4 is 32.8 Å². The molecule has 0 atom stereocenters. The predicted molar refractivity (Wildman–Crippen MR) is 239 cm³/mol. The van der Waals surface area contributed by atoms with E-state index < -0.39 is 0 Å². The zero-order valence-electron chi connectivity index (χ0n) is 31.5. The van der Waals surface area contributed by atoms with E-state index in [2.05, 4.69) is 180 Å². The van der Waals surface area contributed by atoms with E-state index in [9.17, 15) is 0 Å². The standard InChI is InChI=1S/C54H35N3O/c1-4-15-36(16-5-1)37-27-29-38(30-28-37)47-35-48(56-54(55-47)40-19-8-3-9-20-40)41-21-14-22-43(33-41)57-49-25-12-10-23-44(49)45-32-31-42(34-50(45)57)53-52(39-17-6-2-7-18-39)46-24-11-13-26-51(46)58-53/h1-35H. The molecule has 0 spiro atoms. The first-order valence-corrected chi connectivity index (χ1v) is 19.6. The zero-order chi connectivity index (χ0) is 38.4. The van der Waals surface area contributed by atoms with Crippen LogP contribution in [0.2, 0.25) is 0 Å². The molecule has 11 rings (SSSR count). The molecule has 0 saturated carbocycles. The summed E-state index contributed by atoms with van der Waals surface area (Å²) >= 11 is 0. The molecule has 0 bridgehead atoms. The number of furan rings is 1. The lowest BCUT2D eigenvalue weighted by Crippen LogP contribution is -1.98. The van der Waals surface area contributed by atoms with Crippen LogP contribution in [0.4, 0.5) is 0 Å². The molecule has 0 aliphatic rings. The number of fused-ring (bicyclic) bond motifs is 4. The molecule has 0 aliphatic carbocycles. The minimum atomic E-state index is 0.687. The van der Waals surface area contributed by atoms with Crippen LogP contribution in [0, 0.1) is 0 Å². The van der Waals surface area contributed by atoms with Crippen molar-refractivity contribution in [3.63, 3.8) is 0 Å². The molecule has 0 saturated heterocycles. The van der Waals surface area contributed by atoms with Gasteiger partial charge in [0.2, 0.25) is 0 Å². The topological polar surface area (TPSA) is 43.9 Å². The number of aromatic nitrogens is 3. The monoisotopic (exact) mass is 741 g/mol. The second-order valence-corrected chi connectivity index (χ2v) is 14.6. The Morgan fingerprint density at radius 3 is 1.66 bits per heavy atom. The summed E-state index contributed by atoms with van der Waals surface area (Å²) in [5.74, 6) is 1.55. The quantitative estimate of drug-likeness (QED) is 0.163. The van der Waals surface area contributed by atoms with Gasteiger partial charge in [-0.1, -0.05) is 176 Å². The Hall–Kier alpha value is -7.82. The van der Waals surface area contributed by atoms with Crippen molar-refractivity contribution in [2.45, 2.75) is 0 Å². The summed E-state index contributed by atoms with van der Waals surface area (Å²) in [7, 11) is 0. The van der Waals surface area contributed by atoms with Gasteiger partial charge in [0.1, 0.15) is 11.3 Å². The molecule has 3 heterocycles. The average molecular weight is 742 g/mol. The van der Waals surface area contributed by atoms with E-state index in [1.54, 1.807) is 0 Å². The molecule has 3 aromatic heterocycles. The van der Waals surface area contributed by atoms with Gasteiger partial charge in [-0.2, -0.15) is 0 Å².